The molecule has 2 aliphatic heterocycles. The van der Waals surface area contributed by atoms with Gasteiger partial charge in [0.1, 0.15) is 0 Å². The Labute approximate surface area is 110 Å². The van der Waals surface area contributed by atoms with Crippen LogP contribution in [0.2, 0.25) is 0 Å². The minimum Gasteiger partial charge on any atom is -0.469 e. The molecule has 2 heterocycles. The molecule has 0 aromatic rings. The number of hydrogen-bond donors (Lipinski definition) is 0. The van der Waals surface area contributed by atoms with Gasteiger partial charge in [0.05, 0.1) is 7.11 Å². The van der Waals surface area contributed by atoms with Crippen LogP contribution < -0.4 is 0 Å². The molecule has 104 valence electrons. The van der Waals surface area contributed by atoms with Crippen LogP contribution >= 0.6 is 0 Å². The van der Waals surface area contributed by atoms with Crippen LogP contribution in [0.15, 0.2) is 0 Å². The Bertz CT molecular complexity index is 283. The predicted molar refractivity (Wildman–Crippen MR) is 71.5 cm³/mol. The molecule has 18 heavy (non-hydrogen) atoms. The van der Waals surface area contributed by atoms with E-state index in [1.807, 2.05) is 0 Å². The molecular weight excluding hydrogens is 228 g/mol. The van der Waals surface area contributed by atoms with Crippen LogP contribution in [0, 0.1) is 0 Å². The van der Waals surface area contributed by atoms with Gasteiger partial charge in [0.25, 0.3) is 0 Å². The highest BCUT2D eigenvalue weighted by molar-refractivity contribution is 5.69. The SMILES string of the molecule is COC(=O)CCCN1CC2CCCCN2CC1C. The van der Waals surface area contributed by atoms with E-state index in [9.17, 15) is 4.79 Å². The minimum atomic E-state index is -0.0843. The zero-order valence-corrected chi connectivity index (χ0v) is 11.7. The molecule has 2 unspecified atom stereocenters. The number of carbonyl (C=O) groups excluding carboxylic acids is 1. The van der Waals surface area contributed by atoms with Crippen molar-refractivity contribution in [3.63, 3.8) is 0 Å². The van der Waals surface area contributed by atoms with Crippen LogP contribution in [0.25, 0.3) is 0 Å². The fourth-order valence-corrected chi connectivity index (χ4v) is 3.25. The Balaban J connectivity index is 1.76. The molecule has 0 radical (unpaired) electrons. The Kier molecular flexibility index (Phi) is 5.01. The molecule has 2 rings (SSSR count). The summed E-state index contributed by atoms with van der Waals surface area (Å²) in [6, 6.07) is 1.38. The summed E-state index contributed by atoms with van der Waals surface area (Å²) in [6.45, 7) is 7.00. The van der Waals surface area contributed by atoms with E-state index in [-0.39, 0.29) is 5.97 Å². The van der Waals surface area contributed by atoms with Gasteiger partial charge in [0.2, 0.25) is 0 Å². The van der Waals surface area contributed by atoms with E-state index >= 15 is 0 Å². The lowest BCUT2D eigenvalue weighted by molar-refractivity contribution is -0.140. The van der Waals surface area contributed by atoms with Gasteiger partial charge < -0.3 is 4.74 Å². The lowest BCUT2D eigenvalue weighted by Crippen LogP contribution is -2.58. The molecule has 0 bridgehead atoms. The number of piperidine rings is 1. The third-order valence-electron chi connectivity index (χ3n) is 4.37. The van der Waals surface area contributed by atoms with Gasteiger partial charge in [0.15, 0.2) is 0 Å². The van der Waals surface area contributed by atoms with Crippen LogP contribution in [-0.4, -0.2) is 61.1 Å². The van der Waals surface area contributed by atoms with Gasteiger partial charge in [-0.2, -0.15) is 0 Å². The van der Waals surface area contributed by atoms with E-state index in [1.54, 1.807) is 0 Å². The summed E-state index contributed by atoms with van der Waals surface area (Å²) >= 11 is 0. The van der Waals surface area contributed by atoms with Gasteiger partial charge in [0, 0.05) is 31.6 Å². The number of rotatable bonds is 4. The molecule has 4 nitrogen and oxygen atoms in total. The Morgan fingerprint density at radius 1 is 1.33 bits per heavy atom. The van der Waals surface area contributed by atoms with E-state index in [2.05, 4.69) is 21.5 Å². The topological polar surface area (TPSA) is 32.8 Å². The summed E-state index contributed by atoms with van der Waals surface area (Å²) in [6.07, 6.45) is 5.56. The van der Waals surface area contributed by atoms with Gasteiger partial charge in [-0.1, -0.05) is 6.42 Å². The first-order valence-electron chi connectivity index (χ1n) is 7.25. The number of ether oxygens (including phenoxy) is 1. The summed E-state index contributed by atoms with van der Waals surface area (Å²) in [5.74, 6) is -0.0843. The Morgan fingerprint density at radius 3 is 2.94 bits per heavy atom. The average molecular weight is 254 g/mol. The number of esters is 1. The number of carbonyl (C=O) groups is 1. The average Bonchev–Trinajstić information content (AvgIpc) is 2.39. The first kappa shape index (κ1) is 13.8. The number of fused-ring (bicyclic) bond motifs is 1. The summed E-state index contributed by atoms with van der Waals surface area (Å²) in [7, 11) is 1.46. The van der Waals surface area contributed by atoms with Gasteiger partial charge in [-0.15, -0.1) is 0 Å². The lowest BCUT2D eigenvalue weighted by Gasteiger charge is -2.47. The summed E-state index contributed by atoms with van der Waals surface area (Å²) in [4.78, 5) is 16.3. The second-order valence-electron chi connectivity index (χ2n) is 5.67. The maximum absolute atomic E-state index is 11.1. The molecule has 0 aliphatic carbocycles. The third-order valence-corrected chi connectivity index (χ3v) is 4.37. The molecule has 0 N–H and O–H groups in total. The lowest BCUT2D eigenvalue weighted by atomic mass is 9.97. The van der Waals surface area contributed by atoms with Gasteiger partial charge >= 0.3 is 5.97 Å². The first-order valence-corrected chi connectivity index (χ1v) is 7.25. The van der Waals surface area contributed by atoms with Crippen LogP contribution in [-0.2, 0) is 9.53 Å². The van der Waals surface area contributed by atoms with Gasteiger partial charge in [-0.25, -0.2) is 0 Å². The normalized spacial score (nSPS) is 29.9. The summed E-state index contributed by atoms with van der Waals surface area (Å²) < 4.78 is 4.69. The summed E-state index contributed by atoms with van der Waals surface area (Å²) in [5, 5.41) is 0. The quantitative estimate of drug-likeness (QED) is 0.712. The van der Waals surface area contributed by atoms with E-state index in [1.165, 1.54) is 46.0 Å². The predicted octanol–water partition coefficient (Wildman–Crippen LogP) is 1.50. The summed E-state index contributed by atoms with van der Waals surface area (Å²) in [5.41, 5.74) is 0. The highest BCUT2D eigenvalue weighted by Crippen LogP contribution is 2.24. The first-order chi connectivity index (χ1) is 8.70. The largest absolute Gasteiger partial charge is 0.469 e. The van der Waals surface area contributed by atoms with Crippen LogP contribution in [0.3, 0.4) is 0 Å². The number of piperazine rings is 1. The fraction of sp³-hybridized carbons (Fsp3) is 0.929. The van der Waals surface area contributed by atoms with Crippen molar-refractivity contribution < 1.29 is 9.53 Å². The molecule has 0 spiro atoms. The number of hydrogen-bond acceptors (Lipinski definition) is 4. The number of methoxy groups -OCH3 is 1. The Morgan fingerprint density at radius 2 is 2.17 bits per heavy atom. The van der Waals surface area contributed by atoms with Crippen molar-refractivity contribution in [1.82, 2.24) is 9.80 Å². The van der Waals surface area contributed by atoms with E-state index in [4.69, 9.17) is 0 Å². The smallest absolute Gasteiger partial charge is 0.305 e. The van der Waals surface area contributed by atoms with Crippen molar-refractivity contribution in [2.24, 2.45) is 0 Å². The highest BCUT2D eigenvalue weighted by Gasteiger charge is 2.32. The molecule has 2 atom stereocenters. The van der Waals surface area contributed by atoms with Crippen molar-refractivity contribution in [3.05, 3.63) is 0 Å². The highest BCUT2D eigenvalue weighted by atomic mass is 16.5. The maximum atomic E-state index is 11.1. The minimum absolute atomic E-state index is 0.0843. The van der Waals surface area contributed by atoms with E-state index in [0.717, 1.165) is 19.0 Å². The fourth-order valence-electron chi connectivity index (χ4n) is 3.25. The van der Waals surface area contributed by atoms with Crippen molar-refractivity contribution in [1.29, 1.82) is 0 Å². The maximum Gasteiger partial charge on any atom is 0.305 e. The van der Waals surface area contributed by atoms with Crippen molar-refractivity contribution >= 4 is 5.97 Å². The van der Waals surface area contributed by atoms with Crippen LogP contribution in [0.4, 0.5) is 0 Å². The van der Waals surface area contributed by atoms with Crippen LogP contribution in [0.5, 0.6) is 0 Å². The van der Waals surface area contributed by atoms with E-state index < -0.39 is 0 Å². The molecule has 0 amide bonds. The van der Waals surface area contributed by atoms with Crippen LogP contribution in [0.1, 0.15) is 39.0 Å². The molecule has 4 heteroatoms. The Hall–Kier alpha value is -0.610. The molecule has 0 aromatic heterocycles. The molecule has 2 aliphatic rings. The molecule has 0 saturated carbocycles. The van der Waals surface area contributed by atoms with Gasteiger partial charge in [-0.05, 0) is 39.3 Å². The second-order valence-corrected chi connectivity index (χ2v) is 5.67. The monoisotopic (exact) mass is 254 g/mol. The standard InChI is InChI=1S/C14H26N2O2/c1-12-10-16-8-4-3-6-13(16)11-15(12)9-5-7-14(17)18-2/h12-13H,3-11H2,1-2H3. The zero-order chi connectivity index (χ0) is 13.0. The van der Waals surface area contributed by atoms with Crippen molar-refractivity contribution in [2.75, 3.05) is 33.3 Å². The zero-order valence-electron chi connectivity index (χ0n) is 11.7. The molecule has 0 aromatic carbocycles. The van der Waals surface area contributed by atoms with Crippen molar-refractivity contribution in [2.45, 2.75) is 51.1 Å². The number of nitrogens with zero attached hydrogens (tertiary/aromatic N) is 2. The second kappa shape index (κ2) is 6.53. The van der Waals surface area contributed by atoms with Crippen molar-refractivity contribution in [3.8, 4) is 0 Å². The van der Waals surface area contributed by atoms with E-state index in [0.29, 0.717) is 12.5 Å². The van der Waals surface area contributed by atoms with Gasteiger partial charge in [-0.3, -0.25) is 14.6 Å². The third kappa shape index (κ3) is 3.45. The molecule has 2 saturated heterocycles. The molecule has 2 fully saturated rings. The molecular formula is C14H26N2O2.